The Labute approximate surface area is 77.7 Å². The molecule has 1 rings (SSSR count). The van der Waals surface area contributed by atoms with E-state index in [1.54, 1.807) is 0 Å². The van der Waals surface area contributed by atoms with Gasteiger partial charge in [-0.15, -0.1) is 0 Å². The van der Waals surface area contributed by atoms with Gasteiger partial charge in [-0.05, 0) is 12.8 Å². The average molecular weight is 207 g/mol. The summed E-state index contributed by atoms with van der Waals surface area (Å²) in [7, 11) is -2.23. The van der Waals surface area contributed by atoms with Crippen LogP contribution in [0.3, 0.4) is 0 Å². The van der Waals surface area contributed by atoms with E-state index in [1.165, 1.54) is 11.4 Å². The highest BCUT2D eigenvalue weighted by atomic mass is 32.2. The first kappa shape index (κ1) is 10.5. The lowest BCUT2D eigenvalue weighted by atomic mass is 10.4. The van der Waals surface area contributed by atoms with Gasteiger partial charge in [-0.1, -0.05) is 0 Å². The Morgan fingerprint density at radius 1 is 1.38 bits per heavy atom. The van der Waals surface area contributed by atoms with Gasteiger partial charge in [0.25, 0.3) is 0 Å². The van der Waals surface area contributed by atoms with Crippen molar-refractivity contribution < 1.29 is 17.9 Å². The van der Waals surface area contributed by atoms with Gasteiger partial charge < -0.3 is 4.74 Å². The van der Waals surface area contributed by atoms with Gasteiger partial charge in [-0.3, -0.25) is 4.79 Å². The summed E-state index contributed by atoms with van der Waals surface area (Å²) in [5.41, 5.74) is 0. The van der Waals surface area contributed by atoms with Crippen LogP contribution in [0.2, 0.25) is 0 Å². The predicted molar refractivity (Wildman–Crippen MR) is 46.6 cm³/mol. The summed E-state index contributed by atoms with van der Waals surface area (Å²) in [6.45, 7) is 1.05. The van der Waals surface area contributed by atoms with Gasteiger partial charge in [0.2, 0.25) is 10.0 Å². The van der Waals surface area contributed by atoms with E-state index in [0.717, 1.165) is 12.8 Å². The SMILES string of the molecule is COC(=O)CS(=O)(=O)N1CCCC1. The molecule has 0 bridgehead atoms. The predicted octanol–water partition coefficient (Wildman–Crippen LogP) is -0.415. The quantitative estimate of drug-likeness (QED) is 0.590. The van der Waals surface area contributed by atoms with E-state index in [2.05, 4.69) is 4.74 Å². The van der Waals surface area contributed by atoms with E-state index in [0.29, 0.717) is 13.1 Å². The van der Waals surface area contributed by atoms with E-state index in [9.17, 15) is 13.2 Å². The molecule has 0 amide bonds. The summed E-state index contributed by atoms with van der Waals surface area (Å²) in [5.74, 6) is -1.24. The van der Waals surface area contributed by atoms with E-state index in [1.807, 2.05) is 0 Å². The van der Waals surface area contributed by atoms with Crippen LogP contribution in [0.25, 0.3) is 0 Å². The zero-order valence-electron chi connectivity index (χ0n) is 7.52. The van der Waals surface area contributed by atoms with Crippen LogP contribution < -0.4 is 0 Å². The molecule has 1 aliphatic rings. The van der Waals surface area contributed by atoms with E-state index >= 15 is 0 Å². The van der Waals surface area contributed by atoms with Crippen molar-refractivity contribution in [1.82, 2.24) is 4.31 Å². The number of ether oxygens (including phenoxy) is 1. The van der Waals surface area contributed by atoms with Gasteiger partial charge >= 0.3 is 5.97 Å². The Hall–Kier alpha value is -0.620. The molecule has 13 heavy (non-hydrogen) atoms. The van der Waals surface area contributed by atoms with Gasteiger partial charge in [0.1, 0.15) is 0 Å². The van der Waals surface area contributed by atoms with Crippen molar-refractivity contribution in [3.8, 4) is 0 Å². The number of sulfonamides is 1. The lowest BCUT2D eigenvalue weighted by molar-refractivity contribution is -0.137. The van der Waals surface area contributed by atoms with Crippen LogP contribution in [0.1, 0.15) is 12.8 Å². The third-order valence-electron chi connectivity index (χ3n) is 1.99. The molecule has 0 aliphatic carbocycles. The molecule has 76 valence electrons. The summed E-state index contributed by atoms with van der Waals surface area (Å²) in [6, 6.07) is 0. The molecule has 5 nitrogen and oxygen atoms in total. The molecule has 1 aliphatic heterocycles. The minimum absolute atomic E-state index is 0.527. The van der Waals surface area contributed by atoms with Crippen LogP contribution in [0.5, 0.6) is 0 Å². The largest absolute Gasteiger partial charge is 0.468 e. The fraction of sp³-hybridized carbons (Fsp3) is 0.857. The molecule has 1 heterocycles. The summed E-state index contributed by atoms with van der Waals surface area (Å²) in [5, 5.41) is 0. The topological polar surface area (TPSA) is 63.7 Å². The van der Waals surface area contributed by atoms with Crippen LogP contribution in [0.4, 0.5) is 0 Å². The number of hydrogen-bond donors (Lipinski definition) is 0. The van der Waals surface area contributed by atoms with Crippen LogP contribution in [-0.4, -0.2) is 44.6 Å². The van der Waals surface area contributed by atoms with Gasteiger partial charge in [0.15, 0.2) is 5.75 Å². The first-order valence-electron chi connectivity index (χ1n) is 4.11. The minimum Gasteiger partial charge on any atom is -0.468 e. The Bertz CT molecular complexity index is 279. The maximum absolute atomic E-state index is 11.4. The summed E-state index contributed by atoms with van der Waals surface area (Å²) in [4.78, 5) is 10.8. The van der Waals surface area contributed by atoms with Gasteiger partial charge in [0, 0.05) is 13.1 Å². The van der Waals surface area contributed by atoms with Crippen molar-refractivity contribution in [3.05, 3.63) is 0 Å². The van der Waals surface area contributed by atoms with Crippen molar-refractivity contribution >= 4 is 16.0 Å². The normalized spacial score (nSPS) is 18.8. The standard InChI is InChI=1S/C7H13NO4S/c1-12-7(9)6-13(10,11)8-4-2-3-5-8/h2-6H2,1H3. The molecule has 0 aromatic carbocycles. The second-order valence-corrected chi connectivity index (χ2v) is 4.91. The van der Waals surface area contributed by atoms with Crippen LogP contribution in [0.15, 0.2) is 0 Å². The highest BCUT2D eigenvalue weighted by molar-refractivity contribution is 7.89. The summed E-state index contributed by atoms with van der Waals surface area (Å²) < 4.78 is 28.5. The van der Waals surface area contributed by atoms with Gasteiger partial charge in [-0.2, -0.15) is 0 Å². The lowest BCUT2D eigenvalue weighted by Crippen LogP contribution is -2.33. The smallest absolute Gasteiger partial charge is 0.322 e. The molecule has 0 unspecified atom stereocenters. The first-order valence-corrected chi connectivity index (χ1v) is 5.72. The van der Waals surface area contributed by atoms with Crippen LogP contribution >= 0.6 is 0 Å². The van der Waals surface area contributed by atoms with Crippen molar-refractivity contribution in [2.45, 2.75) is 12.8 Å². The molecule has 0 spiro atoms. The van der Waals surface area contributed by atoms with E-state index in [-0.39, 0.29) is 0 Å². The molecule has 0 aromatic heterocycles. The number of rotatable bonds is 3. The molecule has 0 aromatic rings. The third-order valence-corrected chi connectivity index (χ3v) is 3.74. The fourth-order valence-corrected chi connectivity index (χ4v) is 2.68. The highest BCUT2D eigenvalue weighted by Crippen LogP contribution is 2.12. The molecule has 6 heteroatoms. The Morgan fingerprint density at radius 3 is 2.38 bits per heavy atom. The second-order valence-electron chi connectivity index (χ2n) is 2.94. The van der Waals surface area contributed by atoms with Gasteiger partial charge in [0.05, 0.1) is 7.11 Å². The monoisotopic (exact) mass is 207 g/mol. The van der Waals surface area contributed by atoms with Crippen molar-refractivity contribution in [2.75, 3.05) is 26.0 Å². The lowest BCUT2D eigenvalue weighted by Gasteiger charge is -2.13. The molecule has 0 saturated carbocycles. The molecule has 0 atom stereocenters. The molecule has 1 saturated heterocycles. The van der Waals surface area contributed by atoms with Crippen molar-refractivity contribution in [3.63, 3.8) is 0 Å². The van der Waals surface area contributed by atoms with Crippen LogP contribution in [-0.2, 0) is 19.6 Å². The summed E-state index contributed by atoms with van der Waals surface area (Å²) >= 11 is 0. The number of carbonyl (C=O) groups is 1. The number of hydrogen-bond acceptors (Lipinski definition) is 4. The Kier molecular flexibility index (Phi) is 3.27. The number of methoxy groups -OCH3 is 1. The minimum atomic E-state index is -3.41. The third kappa shape index (κ3) is 2.67. The summed E-state index contributed by atoms with van der Waals surface area (Å²) in [6.07, 6.45) is 1.75. The highest BCUT2D eigenvalue weighted by Gasteiger charge is 2.27. The first-order chi connectivity index (χ1) is 6.06. The zero-order chi connectivity index (χ0) is 9.90. The molecular formula is C7H13NO4S. The molecule has 0 radical (unpaired) electrons. The number of esters is 1. The Morgan fingerprint density at radius 2 is 1.92 bits per heavy atom. The maximum atomic E-state index is 11.4. The maximum Gasteiger partial charge on any atom is 0.322 e. The van der Waals surface area contributed by atoms with E-state index < -0.39 is 21.7 Å². The molecule has 1 fully saturated rings. The molecular weight excluding hydrogens is 194 g/mol. The molecule has 0 N–H and O–H groups in total. The van der Waals surface area contributed by atoms with Gasteiger partial charge in [-0.25, -0.2) is 12.7 Å². The zero-order valence-corrected chi connectivity index (χ0v) is 8.34. The second kappa shape index (κ2) is 4.06. The van der Waals surface area contributed by atoms with Crippen LogP contribution in [0, 0.1) is 0 Å². The number of nitrogens with zero attached hydrogens (tertiary/aromatic N) is 1. The van der Waals surface area contributed by atoms with Crippen molar-refractivity contribution in [1.29, 1.82) is 0 Å². The average Bonchev–Trinajstić information content (AvgIpc) is 2.55. The van der Waals surface area contributed by atoms with E-state index in [4.69, 9.17) is 0 Å². The van der Waals surface area contributed by atoms with Crippen molar-refractivity contribution in [2.24, 2.45) is 0 Å². The number of carbonyl (C=O) groups excluding carboxylic acids is 1. The Balaban J connectivity index is 2.60. The fourth-order valence-electron chi connectivity index (χ4n) is 1.27.